The maximum atomic E-state index is 11.7. The van der Waals surface area contributed by atoms with Crippen LogP contribution in [0.1, 0.15) is 104 Å². The normalized spacial score (nSPS) is 11.0. The van der Waals surface area contributed by atoms with Gasteiger partial charge in [-0.2, -0.15) is 0 Å². The predicted molar refractivity (Wildman–Crippen MR) is 93.9 cm³/mol. The molecule has 0 fully saturated rings. The Balaban J connectivity index is 3.13. The van der Waals surface area contributed by atoms with Crippen molar-refractivity contribution >= 4 is 5.78 Å². The summed E-state index contributed by atoms with van der Waals surface area (Å²) in [6, 6.07) is 0. The fourth-order valence-corrected chi connectivity index (χ4v) is 2.63. The molecule has 2 nitrogen and oxygen atoms in total. The Bertz CT molecular complexity index is 216. The topological polar surface area (TPSA) is 29.1 Å². The fourth-order valence-electron chi connectivity index (χ4n) is 2.63. The lowest BCUT2D eigenvalue weighted by Crippen LogP contribution is -2.23. The van der Waals surface area contributed by atoms with Crippen molar-refractivity contribution in [2.24, 2.45) is 0 Å². The Morgan fingerprint density at radius 3 is 1.71 bits per heavy atom. The number of nitrogens with one attached hydrogen (secondary N) is 1. The summed E-state index contributed by atoms with van der Waals surface area (Å²) >= 11 is 0. The second-order valence-corrected chi connectivity index (χ2v) is 6.35. The van der Waals surface area contributed by atoms with Gasteiger partial charge in [-0.3, -0.25) is 4.79 Å². The van der Waals surface area contributed by atoms with E-state index in [1.807, 2.05) is 0 Å². The first-order valence-electron chi connectivity index (χ1n) is 9.53. The second-order valence-electron chi connectivity index (χ2n) is 6.35. The van der Waals surface area contributed by atoms with Gasteiger partial charge in [0.15, 0.2) is 0 Å². The average Bonchev–Trinajstić information content (AvgIpc) is 2.49. The monoisotopic (exact) mass is 297 g/mol. The van der Waals surface area contributed by atoms with Crippen molar-refractivity contribution in [2.75, 3.05) is 13.1 Å². The van der Waals surface area contributed by atoms with Gasteiger partial charge in [-0.25, -0.2) is 0 Å². The van der Waals surface area contributed by atoms with Crippen molar-refractivity contribution in [3.8, 4) is 0 Å². The first-order chi connectivity index (χ1) is 10.3. The molecule has 0 radical (unpaired) electrons. The highest BCUT2D eigenvalue weighted by Gasteiger charge is 2.01. The molecule has 0 bridgehead atoms. The van der Waals surface area contributed by atoms with Crippen molar-refractivity contribution in [3.05, 3.63) is 0 Å². The molecular weight excluding hydrogens is 258 g/mol. The summed E-state index contributed by atoms with van der Waals surface area (Å²) in [7, 11) is 0. The molecule has 0 aliphatic heterocycles. The smallest absolute Gasteiger partial charge is 0.146 e. The number of ketones is 1. The van der Waals surface area contributed by atoms with Crippen LogP contribution in [0.2, 0.25) is 0 Å². The largest absolute Gasteiger partial charge is 0.310 e. The molecular formula is C19H39NO. The van der Waals surface area contributed by atoms with Crippen molar-refractivity contribution in [3.63, 3.8) is 0 Å². The first kappa shape index (κ1) is 20.6. The SMILES string of the molecule is CCCCCCCCCC(=O)CNCCCCCCCC. The van der Waals surface area contributed by atoms with E-state index in [2.05, 4.69) is 19.2 Å². The van der Waals surface area contributed by atoms with Crippen molar-refractivity contribution in [1.29, 1.82) is 0 Å². The fraction of sp³-hybridized carbons (Fsp3) is 0.947. The van der Waals surface area contributed by atoms with Crippen LogP contribution in [0.5, 0.6) is 0 Å². The molecule has 2 heteroatoms. The molecule has 0 spiro atoms. The Kier molecular flexibility index (Phi) is 17.4. The zero-order chi connectivity index (χ0) is 15.6. The molecule has 0 aliphatic rings. The number of carbonyl (C=O) groups excluding carboxylic acids is 1. The maximum Gasteiger partial charge on any atom is 0.146 e. The minimum absolute atomic E-state index is 0.398. The van der Waals surface area contributed by atoms with Crippen LogP contribution < -0.4 is 5.32 Å². The lowest BCUT2D eigenvalue weighted by Gasteiger charge is -2.05. The van der Waals surface area contributed by atoms with Gasteiger partial charge in [-0.05, 0) is 19.4 Å². The standard InChI is InChI=1S/C19H39NO/c1-3-5-7-9-11-12-14-16-19(21)18-20-17-15-13-10-8-6-4-2/h20H,3-18H2,1-2H3. The van der Waals surface area contributed by atoms with Crippen LogP contribution in [-0.2, 0) is 4.79 Å². The molecule has 1 N–H and O–H groups in total. The number of hydrogen-bond acceptors (Lipinski definition) is 2. The molecule has 0 aliphatic carbocycles. The summed E-state index contributed by atoms with van der Waals surface area (Å²) in [6.07, 6.45) is 17.7. The van der Waals surface area contributed by atoms with Crippen molar-refractivity contribution in [2.45, 2.75) is 104 Å². The second kappa shape index (κ2) is 17.7. The van der Waals surface area contributed by atoms with E-state index >= 15 is 0 Å². The van der Waals surface area contributed by atoms with Crippen LogP contribution in [-0.4, -0.2) is 18.9 Å². The van der Waals surface area contributed by atoms with E-state index in [0.29, 0.717) is 12.3 Å². The van der Waals surface area contributed by atoms with Crippen LogP contribution in [0.15, 0.2) is 0 Å². The van der Waals surface area contributed by atoms with Crippen molar-refractivity contribution in [1.82, 2.24) is 5.32 Å². The van der Waals surface area contributed by atoms with E-state index in [-0.39, 0.29) is 0 Å². The molecule has 0 unspecified atom stereocenters. The molecule has 0 heterocycles. The molecule has 0 aromatic rings. The summed E-state index contributed by atoms with van der Waals surface area (Å²) in [5, 5.41) is 3.30. The summed E-state index contributed by atoms with van der Waals surface area (Å²) in [5.41, 5.74) is 0. The minimum Gasteiger partial charge on any atom is -0.310 e. The van der Waals surface area contributed by atoms with Gasteiger partial charge >= 0.3 is 0 Å². The molecule has 0 atom stereocenters. The minimum atomic E-state index is 0.398. The Morgan fingerprint density at radius 1 is 0.667 bits per heavy atom. The van der Waals surface area contributed by atoms with Crippen LogP contribution in [0.25, 0.3) is 0 Å². The lowest BCUT2D eigenvalue weighted by molar-refractivity contribution is -0.118. The van der Waals surface area contributed by atoms with Gasteiger partial charge in [0, 0.05) is 6.42 Å². The van der Waals surface area contributed by atoms with E-state index in [1.165, 1.54) is 77.0 Å². The Morgan fingerprint density at radius 2 is 1.14 bits per heavy atom. The van der Waals surface area contributed by atoms with Gasteiger partial charge in [0.2, 0.25) is 0 Å². The van der Waals surface area contributed by atoms with Crippen molar-refractivity contribution < 1.29 is 4.79 Å². The molecule has 126 valence electrons. The summed E-state index contributed by atoms with van der Waals surface area (Å²) in [6.45, 7) is 6.09. The van der Waals surface area contributed by atoms with E-state index in [1.54, 1.807) is 0 Å². The van der Waals surface area contributed by atoms with Gasteiger partial charge in [-0.1, -0.05) is 84.5 Å². The number of Topliss-reactive ketones (excluding diaryl/α,β-unsaturated/α-hetero) is 1. The molecule has 0 aromatic heterocycles. The van der Waals surface area contributed by atoms with E-state index in [9.17, 15) is 4.79 Å². The van der Waals surface area contributed by atoms with Gasteiger partial charge in [0.25, 0.3) is 0 Å². The quantitative estimate of drug-likeness (QED) is 0.352. The third kappa shape index (κ3) is 17.6. The summed E-state index contributed by atoms with van der Waals surface area (Å²) < 4.78 is 0. The van der Waals surface area contributed by atoms with Crippen LogP contribution in [0, 0.1) is 0 Å². The van der Waals surface area contributed by atoms with Gasteiger partial charge in [0.05, 0.1) is 6.54 Å². The zero-order valence-corrected chi connectivity index (χ0v) is 14.7. The predicted octanol–water partition coefficient (Wildman–Crippen LogP) is 5.65. The van der Waals surface area contributed by atoms with Crippen LogP contribution in [0.3, 0.4) is 0 Å². The number of rotatable bonds is 17. The molecule has 21 heavy (non-hydrogen) atoms. The van der Waals surface area contributed by atoms with Crippen LogP contribution >= 0.6 is 0 Å². The van der Waals surface area contributed by atoms with E-state index in [0.717, 1.165) is 19.4 Å². The molecule has 0 saturated heterocycles. The van der Waals surface area contributed by atoms with E-state index < -0.39 is 0 Å². The van der Waals surface area contributed by atoms with Gasteiger partial charge in [-0.15, -0.1) is 0 Å². The summed E-state index contributed by atoms with van der Waals surface area (Å²) in [5.74, 6) is 0.398. The third-order valence-corrected chi connectivity index (χ3v) is 4.09. The molecule has 0 saturated carbocycles. The Labute approximate surface area is 133 Å². The van der Waals surface area contributed by atoms with Crippen LogP contribution in [0.4, 0.5) is 0 Å². The maximum absolute atomic E-state index is 11.7. The highest BCUT2D eigenvalue weighted by atomic mass is 16.1. The van der Waals surface area contributed by atoms with Gasteiger partial charge < -0.3 is 5.32 Å². The zero-order valence-electron chi connectivity index (χ0n) is 14.7. The lowest BCUT2D eigenvalue weighted by atomic mass is 10.1. The highest BCUT2D eigenvalue weighted by molar-refractivity contribution is 5.80. The number of hydrogen-bond donors (Lipinski definition) is 1. The molecule has 0 amide bonds. The average molecular weight is 298 g/mol. The van der Waals surface area contributed by atoms with E-state index in [4.69, 9.17) is 0 Å². The first-order valence-corrected chi connectivity index (χ1v) is 9.53. The Hall–Kier alpha value is -0.370. The molecule has 0 aromatic carbocycles. The third-order valence-electron chi connectivity index (χ3n) is 4.09. The molecule has 0 rings (SSSR count). The van der Waals surface area contributed by atoms with Gasteiger partial charge in [0.1, 0.15) is 5.78 Å². The summed E-state index contributed by atoms with van der Waals surface area (Å²) in [4.78, 5) is 11.7. The number of carbonyl (C=O) groups is 1. The number of unbranched alkanes of at least 4 members (excludes halogenated alkanes) is 11. The highest BCUT2D eigenvalue weighted by Crippen LogP contribution is 2.08.